The molecule has 3 aromatic rings. The van der Waals surface area contributed by atoms with Gasteiger partial charge in [0.05, 0.1) is 19.0 Å². The molecule has 13 nitrogen and oxygen atoms in total. The van der Waals surface area contributed by atoms with Gasteiger partial charge in [0.1, 0.15) is 18.1 Å². The maximum Gasteiger partial charge on any atom is 0.328 e. The number of carboxylic acid groups (broad SMARTS) is 1. The molecule has 0 radical (unpaired) electrons. The number of H-pyrrole nitrogens is 2. The second-order valence-corrected chi connectivity index (χ2v) is 9.92. The van der Waals surface area contributed by atoms with Crippen molar-refractivity contribution in [2.45, 2.75) is 43.4 Å². The van der Waals surface area contributed by atoms with Crippen LogP contribution in [0.25, 0.3) is 10.9 Å². The molecule has 0 saturated carbocycles. The Kier molecular flexibility index (Phi) is 10.9. The number of nitrogens with zero attached hydrogens (tertiary/aromatic N) is 1. The van der Waals surface area contributed by atoms with Gasteiger partial charge in [-0.05, 0) is 36.5 Å². The lowest BCUT2D eigenvalue weighted by Crippen LogP contribution is -2.58. The molecule has 4 unspecified atom stereocenters. The van der Waals surface area contributed by atoms with E-state index >= 15 is 0 Å². The molecule has 0 bridgehead atoms. The molecule has 0 aliphatic rings. The van der Waals surface area contributed by atoms with Crippen molar-refractivity contribution >= 4 is 46.4 Å². The van der Waals surface area contributed by atoms with Crippen molar-refractivity contribution in [1.29, 1.82) is 0 Å². The first-order valence-corrected chi connectivity index (χ1v) is 13.6. The maximum atomic E-state index is 13.3. The second-order valence-electron chi connectivity index (χ2n) is 8.94. The van der Waals surface area contributed by atoms with E-state index in [2.05, 4.69) is 30.9 Å². The predicted octanol–water partition coefficient (Wildman–Crippen LogP) is -0.712. The van der Waals surface area contributed by atoms with Crippen LogP contribution in [0.4, 0.5) is 0 Å². The van der Waals surface area contributed by atoms with Gasteiger partial charge in [-0.3, -0.25) is 14.4 Å². The van der Waals surface area contributed by atoms with Gasteiger partial charge in [0, 0.05) is 35.4 Å². The molecule has 2 aromatic heterocycles. The number of hydrogen-bond donors (Lipinski definition) is 8. The number of imidazole rings is 1. The lowest BCUT2D eigenvalue weighted by molar-refractivity contribution is -0.143. The normalized spacial score (nSPS) is 14.2. The molecule has 0 aliphatic carbocycles. The van der Waals surface area contributed by atoms with Crippen molar-refractivity contribution in [2.75, 3.05) is 18.6 Å². The molecule has 0 spiro atoms. The fourth-order valence-electron chi connectivity index (χ4n) is 3.97. The number of hydrogen-bond acceptors (Lipinski definition) is 8. The number of fused-ring (bicyclic) bond motifs is 1. The molecular weight excluding hydrogens is 526 g/mol. The Morgan fingerprint density at radius 1 is 1.00 bits per heavy atom. The minimum absolute atomic E-state index is 0.0443. The number of benzene rings is 1. The number of thioether (sulfide) groups is 1. The summed E-state index contributed by atoms with van der Waals surface area (Å²) in [7, 11) is 0. The summed E-state index contributed by atoms with van der Waals surface area (Å²) in [6.07, 6.45) is 7.02. The monoisotopic (exact) mass is 559 g/mol. The number of aliphatic hydroxyl groups is 1. The van der Waals surface area contributed by atoms with Crippen LogP contribution >= 0.6 is 11.8 Å². The third kappa shape index (κ3) is 8.30. The van der Waals surface area contributed by atoms with E-state index in [9.17, 15) is 24.3 Å². The Morgan fingerprint density at radius 3 is 2.36 bits per heavy atom. The average molecular weight is 560 g/mol. The zero-order chi connectivity index (χ0) is 28.4. The molecule has 3 rings (SSSR count). The van der Waals surface area contributed by atoms with E-state index < -0.39 is 54.5 Å². The Hall–Kier alpha value is -3.88. The maximum absolute atomic E-state index is 13.3. The summed E-state index contributed by atoms with van der Waals surface area (Å²) >= 11 is 1.44. The van der Waals surface area contributed by atoms with Gasteiger partial charge in [-0.15, -0.1) is 0 Å². The van der Waals surface area contributed by atoms with Crippen LogP contribution in [0.15, 0.2) is 43.0 Å². The number of nitrogens with two attached hydrogens (primary N) is 1. The molecule has 1 aromatic carbocycles. The van der Waals surface area contributed by atoms with Crippen LogP contribution in [0, 0.1) is 0 Å². The number of para-hydroxylation sites is 1. The zero-order valence-electron chi connectivity index (χ0n) is 21.3. The Morgan fingerprint density at radius 2 is 1.69 bits per heavy atom. The number of amides is 3. The number of nitrogens with one attached hydrogen (secondary N) is 5. The summed E-state index contributed by atoms with van der Waals surface area (Å²) in [5.41, 5.74) is 8.55. The molecule has 0 fully saturated rings. The highest BCUT2D eigenvalue weighted by molar-refractivity contribution is 7.98. The topological polar surface area (TPSA) is 215 Å². The highest BCUT2D eigenvalue weighted by Gasteiger charge is 2.30. The van der Waals surface area contributed by atoms with E-state index in [-0.39, 0.29) is 19.3 Å². The largest absolute Gasteiger partial charge is 0.480 e. The van der Waals surface area contributed by atoms with E-state index in [4.69, 9.17) is 10.8 Å². The van der Waals surface area contributed by atoms with Gasteiger partial charge >= 0.3 is 5.97 Å². The lowest BCUT2D eigenvalue weighted by Gasteiger charge is -2.24. The number of aliphatic hydroxyl groups excluding tert-OH is 1. The molecule has 4 atom stereocenters. The third-order valence-electron chi connectivity index (χ3n) is 6.10. The molecule has 39 heavy (non-hydrogen) atoms. The van der Waals surface area contributed by atoms with E-state index in [0.29, 0.717) is 11.4 Å². The average Bonchev–Trinajstić information content (AvgIpc) is 3.58. The van der Waals surface area contributed by atoms with Gasteiger partial charge < -0.3 is 41.9 Å². The summed E-state index contributed by atoms with van der Waals surface area (Å²) in [4.78, 5) is 60.4. The second kappa shape index (κ2) is 14.3. The van der Waals surface area contributed by atoms with Gasteiger partial charge in [-0.1, -0.05) is 18.2 Å². The van der Waals surface area contributed by atoms with Crippen LogP contribution in [0.2, 0.25) is 0 Å². The van der Waals surface area contributed by atoms with Crippen molar-refractivity contribution in [3.63, 3.8) is 0 Å². The van der Waals surface area contributed by atoms with Gasteiger partial charge in [0.25, 0.3) is 0 Å². The SMILES string of the molecule is CSCCC(NC(=O)C(Cc1cnc[nH]1)NC(=O)C(N)Cc1c[nH]c2ccccc12)C(=O)NC(CO)C(=O)O. The minimum Gasteiger partial charge on any atom is -0.480 e. The molecule has 14 heteroatoms. The molecule has 210 valence electrons. The van der Waals surface area contributed by atoms with E-state index in [1.54, 1.807) is 6.20 Å². The third-order valence-corrected chi connectivity index (χ3v) is 6.75. The lowest BCUT2D eigenvalue weighted by atomic mass is 10.0. The summed E-state index contributed by atoms with van der Waals surface area (Å²) in [5.74, 6) is -2.90. The molecule has 0 saturated heterocycles. The number of carbonyl (C=O) groups excluding carboxylic acids is 3. The van der Waals surface area contributed by atoms with Gasteiger partial charge in [-0.25, -0.2) is 9.78 Å². The van der Waals surface area contributed by atoms with E-state index in [0.717, 1.165) is 16.5 Å². The van der Waals surface area contributed by atoms with Crippen molar-refractivity contribution in [1.82, 2.24) is 30.9 Å². The number of carboxylic acids is 1. The van der Waals surface area contributed by atoms with Crippen LogP contribution in [0.1, 0.15) is 17.7 Å². The summed E-state index contributed by atoms with van der Waals surface area (Å²) < 4.78 is 0. The summed E-state index contributed by atoms with van der Waals surface area (Å²) in [6.45, 7) is -0.808. The van der Waals surface area contributed by atoms with Crippen LogP contribution in [-0.4, -0.2) is 91.6 Å². The fourth-order valence-corrected chi connectivity index (χ4v) is 4.44. The van der Waals surface area contributed by atoms with Crippen LogP contribution in [0.5, 0.6) is 0 Å². The highest BCUT2D eigenvalue weighted by Crippen LogP contribution is 2.19. The van der Waals surface area contributed by atoms with Gasteiger partial charge in [0.15, 0.2) is 0 Å². The highest BCUT2D eigenvalue weighted by atomic mass is 32.2. The van der Waals surface area contributed by atoms with Crippen molar-refractivity contribution in [3.05, 3.63) is 54.2 Å². The Bertz CT molecular complexity index is 1260. The van der Waals surface area contributed by atoms with Crippen molar-refractivity contribution in [2.24, 2.45) is 5.73 Å². The van der Waals surface area contributed by atoms with Crippen LogP contribution < -0.4 is 21.7 Å². The molecule has 2 heterocycles. The quantitative estimate of drug-likeness (QED) is 0.118. The standard InChI is InChI=1S/C25H33N7O6S/c1-39-7-6-19(23(35)32-21(12-33)25(37)38)30-24(36)20(9-15-11-27-13-29-15)31-22(34)17(26)8-14-10-28-18-5-3-2-4-16(14)18/h2-5,10-11,13,17,19-21,28,33H,6-9,12,26H2,1H3,(H,27,29)(H,30,36)(H,31,34)(H,32,35)(H,37,38). The van der Waals surface area contributed by atoms with Crippen molar-refractivity contribution < 1.29 is 29.4 Å². The molecule has 9 N–H and O–H groups in total. The summed E-state index contributed by atoms with van der Waals surface area (Å²) in [6, 6.07) is 2.94. The smallest absolute Gasteiger partial charge is 0.328 e. The number of carbonyl (C=O) groups is 4. The molecule has 3 amide bonds. The van der Waals surface area contributed by atoms with Gasteiger partial charge in [0.2, 0.25) is 17.7 Å². The first-order chi connectivity index (χ1) is 18.7. The first-order valence-electron chi connectivity index (χ1n) is 12.2. The van der Waals surface area contributed by atoms with E-state index in [1.165, 1.54) is 24.3 Å². The van der Waals surface area contributed by atoms with Crippen LogP contribution in [-0.2, 0) is 32.0 Å². The Balaban J connectivity index is 1.73. The summed E-state index contributed by atoms with van der Waals surface area (Å²) in [5, 5.41) is 26.9. The fraction of sp³-hybridized carbons (Fsp3) is 0.400. The number of aromatic amines is 2. The number of aliphatic carboxylic acids is 1. The minimum atomic E-state index is -1.52. The predicted molar refractivity (Wildman–Crippen MR) is 146 cm³/mol. The first kappa shape index (κ1) is 29.7. The molecular formula is C25H33N7O6S. The number of aromatic nitrogens is 3. The number of rotatable bonds is 15. The van der Waals surface area contributed by atoms with Crippen molar-refractivity contribution in [3.8, 4) is 0 Å². The van der Waals surface area contributed by atoms with Crippen LogP contribution in [0.3, 0.4) is 0 Å². The van der Waals surface area contributed by atoms with Gasteiger partial charge in [-0.2, -0.15) is 11.8 Å². The molecule has 0 aliphatic heterocycles. The zero-order valence-corrected chi connectivity index (χ0v) is 22.2. The Labute approximate surface area is 228 Å². The van der Waals surface area contributed by atoms with E-state index in [1.807, 2.05) is 30.5 Å².